The van der Waals surface area contributed by atoms with Crippen molar-refractivity contribution < 1.29 is 35.9 Å². The molecule has 1 amide bonds. The van der Waals surface area contributed by atoms with Gasteiger partial charge < -0.3 is 14.8 Å². The number of ether oxygens (including phenoxy) is 2. The lowest BCUT2D eigenvalue weighted by molar-refractivity contribution is -0.137. The van der Waals surface area contributed by atoms with Crippen molar-refractivity contribution in [2.24, 2.45) is 0 Å². The molecule has 0 spiro atoms. The number of anilines is 1. The number of rotatable bonds is 9. The Morgan fingerprint density at radius 1 is 1.16 bits per heavy atom. The third-order valence-electron chi connectivity index (χ3n) is 4.46. The first-order valence-electron chi connectivity index (χ1n) is 9.53. The quantitative estimate of drug-likeness (QED) is 0.603. The third kappa shape index (κ3) is 6.13. The Morgan fingerprint density at radius 2 is 1.84 bits per heavy atom. The molecule has 2 rings (SSSR count). The summed E-state index contributed by atoms with van der Waals surface area (Å²) in [6.45, 7) is 2.74. The third-order valence-corrected chi connectivity index (χ3v) is 6.25. The van der Waals surface area contributed by atoms with E-state index in [9.17, 15) is 26.4 Å². The van der Waals surface area contributed by atoms with Crippen molar-refractivity contribution in [2.45, 2.75) is 31.0 Å². The van der Waals surface area contributed by atoms with Crippen LogP contribution in [-0.2, 0) is 25.7 Å². The lowest BCUT2D eigenvalue weighted by Gasteiger charge is -2.26. The van der Waals surface area contributed by atoms with E-state index >= 15 is 0 Å². The Kier molecular flexibility index (Phi) is 8.13. The Balaban J connectivity index is 2.59. The van der Waals surface area contributed by atoms with Crippen LogP contribution in [0.1, 0.15) is 18.1 Å². The van der Waals surface area contributed by atoms with Gasteiger partial charge in [-0.25, -0.2) is 8.42 Å². The van der Waals surface area contributed by atoms with Gasteiger partial charge in [-0.3, -0.25) is 9.10 Å². The van der Waals surface area contributed by atoms with Gasteiger partial charge in [0.1, 0.15) is 17.2 Å². The molecule has 0 bridgehead atoms. The van der Waals surface area contributed by atoms with E-state index < -0.39 is 40.3 Å². The lowest BCUT2D eigenvalue weighted by Crippen LogP contribution is -2.44. The van der Waals surface area contributed by atoms with Crippen LogP contribution in [0.2, 0.25) is 0 Å². The second kappa shape index (κ2) is 10.2. The molecule has 0 radical (unpaired) electrons. The number of carbonyl (C=O) groups is 1. The molecule has 32 heavy (non-hydrogen) atoms. The van der Waals surface area contributed by atoms with Crippen LogP contribution in [0.25, 0.3) is 0 Å². The molecule has 0 saturated heterocycles. The monoisotopic (exact) mass is 474 g/mol. The average Bonchev–Trinajstić information content (AvgIpc) is 2.71. The van der Waals surface area contributed by atoms with E-state index in [1.54, 1.807) is 19.9 Å². The number of amides is 1. The summed E-state index contributed by atoms with van der Waals surface area (Å²) in [5, 5.41) is 2.57. The van der Waals surface area contributed by atoms with Crippen LogP contribution in [0.3, 0.4) is 0 Å². The number of aryl methyl sites for hydroxylation is 1. The molecule has 11 heteroatoms. The van der Waals surface area contributed by atoms with Gasteiger partial charge in [-0.15, -0.1) is 0 Å². The Hall–Kier alpha value is -2.79. The Labute approximate surface area is 185 Å². The van der Waals surface area contributed by atoms with E-state index in [-0.39, 0.29) is 22.9 Å². The maximum Gasteiger partial charge on any atom is 0.416 e. The van der Waals surface area contributed by atoms with E-state index in [0.29, 0.717) is 15.9 Å². The molecule has 0 aliphatic carbocycles. The van der Waals surface area contributed by atoms with Crippen molar-refractivity contribution in [1.29, 1.82) is 0 Å². The van der Waals surface area contributed by atoms with Crippen LogP contribution in [-0.4, -0.2) is 47.7 Å². The number of nitrogens with zero attached hydrogens (tertiary/aromatic N) is 1. The van der Waals surface area contributed by atoms with Gasteiger partial charge in [0.15, 0.2) is 0 Å². The first kappa shape index (κ1) is 25.5. The second-order valence-corrected chi connectivity index (χ2v) is 8.97. The largest absolute Gasteiger partial charge is 0.495 e. The fourth-order valence-electron chi connectivity index (χ4n) is 3.00. The van der Waals surface area contributed by atoms with Crippen LogP contribution >= 0.6 is 0 Å². The highest BCUT2D eigenvalue weighted by Gasteiger charge is 2.34. The molecule has 2 aromatic carbocycles. The Bertz CT molecular complexity index is 1060. The van der Waals surface area contributed by atoms with Crippen LogP contribution in [0.5, 0.6) is 5.75 Å². The summed E-state index contributed by atoms with van der Waals surface area (Å²) in [7, 11) is -1.76. The van der Waals surface area contributed by atoms with Gasteiger partial charge in [0.25, 0.3) is 10.0 Å². The highest BCUT2D eigenvalue weighted by Crippen LogP contribution is 2.35. The molecule has 0 heterocycles. The minimum Gasteiger partial charge on any atom is -0.495 e. The van der Waals surface area contributed by atoms with E-state index in [1.165, 1.54) is 32.4 Å². The fraction of sp³-hybridized carbons (Fsp3) is 0.381. The SMILES string of the molecule is COC[C@H](C)NC(=O)CN(c1cccc(C(F)(F)F)c1)S(=O)(=O)c1cc(C)ccc1OC. The van der Waals surface area contributed by atoms with Gasteiger partial charge in [0.05, 0.1) is 25.0 Å². The molecule has 1 N–H and O–H groups in total. The van der Waals surface area contributed by atoms with E-state index in [2.05, 4.69) is 5.32 Å². The predicted molar refractivity (Wildman–Crippen MR) is 113 cm³/mol. The van der Waals surface area contributed by atoms with Crippen molar-refractivity contribution in [3.63, 3.8) is 0 Å². The smallest absolute Gasteiger partial charge is 0.416 e. The molecule has 0 aliphatic rings. The van der Waals surface area contributed by atoms with Gasteiger partial charge in [-0.05, 0) is 49.7 Å². The van der Waals surface area contributed by atoms with Crippen LogP contribution < -0.4 is 14.4 Å². The topological polar surface area (TPSA) is 84.9 Å². The first-order valence-corrected chi connectivity index (χ1v) is 11.0. The molecule has 0 unspecified atom stereocenters. The average molecular weight is 475 g/mol. The number of benzene rings is 2. The maximum absolute atomic E-state index is 13.5. The summed E-state index contributed by atoms with van der Waals surface area (Å²) in [5.74, 6) is -0.706. The molecule has 0 aliphatic heterocycles. The number of carbonyl (C=O) groups excluding carboxylic acids is 1. The van der Waals surface area contributed by atoms with Crippen LogP contribution in [0.4, 0.5) is 18.9 Å². The van der Waals surface area contributed by atoms with Gasteiger partial charge in [0.2, 0.25) is 5.91 Å². The minimum absolute atomic E-state index is 0.000681. The maximum atomic E-state index is 13.5. The van der Waals surface area contributed by atoms with Crippen molar-refractivity contribution in [3.05, 3.63) is 53.6 Å². The number of alkyl halides is 3. The summed E-state index contributed by atoms with van der Waals surface area (Å²) in [4.78, 5) is 12.3. The second-order valence-electron chi connectivity index (χ2n) is 7.14. The van der Waals surface area contributed by atoms with Crippen LogP contribution in [0.15, 0.2) is 47.4 Å². The van der Waals surface area contributed by atoms with Gasteiger partial charge in [-0.2, -0.15) is 13.2 Å². The molecule has 1 atom stereocenters. The number of nitrogens with one attached hydrogen (secondary N) is 1. The molecule has 0 fully saturated rings. The minimum atomic E-state index is -4.69. The summed E-state index contributed by atoms with van der Waals surface area (Å²) in [6.07, 6.45) is -4.69. The molecule has 2 aromatic rings. The van der Waals surface area contributed by atoms with E-state index in [1.807, 2.05) is 0 Å². The van der Waals surface area contributed by atoms with Gasteiger partial charge in [-0.1, -0.05) is 12.1 Å². The number of sulfonamides is 1. The van der Waals surface area contributed by atoms with Crippen molar-refractivity contribution >= 4 is 21.6 Å². The predicted octanol–water partition coefficient (Wildman–Crippen LogP) is 3.37. The van der Waals surface area contributed by atoms with E-state index in [4.69, 9.17) is 9.47 Å². The zero-order valence-electron chi connectivity index (χ0n) is 18.1. The molecule has 7 nitrogen and oxygen atoms in total. The van der Waals surface area contributed by atoms with Crippen LogP contribution in [0, 0.1) is 6.92 Å². The van der Waals surface area contributed by atoms with Gasteiger partial charge in [0, 0.05) is 13.2 Å². The number of halogens is 3. The van der Waals surface area contributed by atoms with E-state index in [0.717, 1.165) is 12.1 Å². The van der Waals surface area contributed by atoms with Crippen molar-refractivity contribution in [3.8, 4) is 5.75 Å². The highest BCUT2D eigenvalue weighted by molar-refractivity contribution is 7.93. The number of methoxy groups -OCH3 is 2. The zero-order valence-corrected chi connectivity index (χ0v) is 18.9. The number of hydrogen-bond acceptors (Lipinski definition) is 5. The highest BCUT2D eigenvalue weighted by atomic mass is 32.2. The fourth-order valence-corrected chi connectivity index (χ4v) is 4.66. The number of hydrogen-bond donors (Lipinski definition) is 1. The first-order chi connectivity index (χ1) is 14.9. The van der Waals surface area contributed by atoms with Crippen molar-refractivity contribution in [1.82, 2.24) is 5.32 Å². The standard InChI is InChI=1S/C21H25F3N2O5S/c1-14-8-9-18(31-4)19(10-14)32(28,29)26(12-20(27)25-15(2)13-30-3)17-7-5-6-16(11-17)21(22,23)24/h5-11,15H,12-13H2,1-4H3,(H,25,27)/t15-/m0/s1. The summed E-state index contributed by atoms with van der Waals surface area (Å²) in [6, 6.07) is 7.75. The molecular weight excluding hydrogens is 449 g/mol. The van der Waals surface area contributed by atoms with Crippen molar-refractivity contribution in [2.75, 3.05) is 31.7 Å². The Morgan fingerprint density at radius 3 is 2.44 bits per heavy atom. The lowest BCUT2D eigenvalue weighted by atomic mass is 10.2. The molecular formula is C21H25F3N2O5S. The summed E-state index contributed by atoms with van der Waals surface area (Å²) >= 11 is 0. The molecule has 0 aromatic heterocycles. The molecule has 176 valence electrons. The normalized spacial score (nSPS) is 12.8. The molecule has 0 saturated carbocycles. The summed E-state index contributed by atoms with van der Waals surface area (Å²) in [5.41, 5.74) is -0.760. The zero-order chi connectivity index (χ0) is 24.1. The summed E-state index contributed by atoms with van der Waals surface area (Å²) < 4.78 is 77.6. The van der Waals surface area contributed by atoms with Gasteiger partial charge >= 0.3 is 6.18 Å².